The van der Waals surface area contributed by atoms with E-state index < -0.39 is 0 Å². The maximum Gasteiger partial charge on any atom is 0.124 e. The Morgan fingerprint density at radius 1 is 0.444 bits per heavy atom. The van der Waals surface area contributed by atoms with E-state index in [9.17, 15) is 5.11 Å². The monoisotopic (exact) mass is 588 g/mol. The number of aromatic hydroxyl groups is 1. The summed E-state index contributed by atoms with van der Waals surface area (Å²) in [6.45, 7) is 13.4. The SMILES string of the molecule is CC(C)(C)c1ccc(-c2ccccc2-c2cc(-c3cccc(-c4cc(C(C)(C)C)ccn4)c3)nc(-c3ccccc3O)c2)cc1. The summed E-state index contributed by atoms with van der Waals surface area (Å²) in [5.41, 5.74) is 12.3. The molecule has 0 aliphatic carbocycles. The van der Waals surface area contributed by atoms with Crippen LogP contribution in [0, 0.1) is 0 Å². The molecule has 0 unspecified atom stereocenters. The molecule has 0 fully saturated rings. The van der Waals surface area contributed by atoms with Gasteiger partial charge in [-0.1, -0.05) is 120 Å². The Bertz CT molecular complexity index is 1970. The average Bonchev–Trinajstić information content (AvgIpc) is 3.04. The molecule has 0 amide bonds. The van der Waals surface area contributed by atoms with Crippen LogP contribution in [0.2, 0.25) is 0 Å². The zero-order chi connectivity index (χ0) is 31.8. The third-order valence-corrected chi connectivity index (χ3v) is 8.39. The molecule has 0 spiro atoms. The topological polar surface area (TPSA) is 46.0 Å². The van der Waals surface area contributed by atoms with Crippen LogP contribution in [0.3, 0.4) is 0 Å². The molecule has 224 valence electrons. The number of hydrogen-bond acceptors (Lipinski definition) is 3. The second-order valence-corrected chi connectivity index (χ2v) is 13.8. The predicted molar refractivity (Wildman–Crippen MR) is 188 cm³/mol. The molecule has 0 aliphatic rings. The first-order chi connectivity index (χ1) is 21.5. The fraction of sp³-hybridized carbons (Fsp3) is 0.190. The van der Waals surface area contributed by atoms with Gasteiger partial charge in [0.15, 0.2) is 0 Å². The molecule has 1 N–H and O–H groups in total. The molecule has 6 rings (SSSR count). The van der Waals surface area contributed by atoms with Gasteiger partial charge >= 0.3 is 0 Å². The van der Waals surface area contributed by atoms with Crippen molar-refractivity contribution in [1.29, 1.82) is 0 Å². The van der Waals surface area contributed by atoms with Crippen LogP contribution in [0.1, 0.15) is 52.7 Å². The normalized spacial score (nSPS) is 11.9. The number of para-hydroxylation sites is 1. The molecule has 4 aromatic carbocycles. The number of phenols is 1. The highest BCUT2D eigenvalue weighted by molar-refractivity contribution is 5.87. The Labute approximate surface area is 267 Å². The second-order valence-electron chi connectivity index (χ2n) is 13.8. The standard InChI is InChI=1S/C42H40N2O/c1-41(2,3)32-20-18-28(19-21-32)34-14-7-8-15-35(34)31-25-38(44-39(26-31)36-16-9-10-17-40(36)45)30-13-11-12-29(24-30)37-27-33(22-23-43-37)42(4,5)6/h7-27,45H,1-6H3. The molecular weight excluding hydrogens is 548 g/mol. The summed E-state index contributed by atoms with van der Waals surface area (Å²) >= 11 is 0. The lowest BCUT2D eigenvalue weighted by molar-refractivity contribution is 0.477. The van der Waals surface area contributed by atoms with Crippen LogP contribution in [0.15, 0.2) is 128 Å². The van der Waals surface area contributed by atoms with Crippen molar-refractivity contribution >= 4 is 0 Å². The molecule has 0 atom stereocenters. The van der Waals surface area contributed by atoms with E-state index >= 15 is 0 Å². The second kappa shape index (κ2) is 11.8. The van der Waals surface area contributed by atoms with Crippen molar-refractivity contribution < 1.29 is 5.11 Å². The Morgan fingerprint density at radius 2 is 1.02 bits per heavy atom. The largest absolute Gasteiger partial charge is 0.507 e. The summed E-state index contributed by atoms with van der Waals surface area (Å²) in [4.78, 5) is 9.83. The molecule has 0 radical (unpaired) electrons. The van der Waals surface area contributed by atoms with Crippen LogP contribution in [-0.4, -0.2) is 15.1 Å². The highest BCUT2D eigenvalue weighted by atomic mass is 16.3. The number of benzene rings is 4. The highest BCUT2D eigenvalue weighted by Gasteiger charge is 2.18. The lowest BCUT2D eigenvalue weighted by Crippen LogP contribution is -2.11. The number of pyridine rings is 2. The summed E-state index contributed by atoms with van der Waals surface area (Å²) < 4.78 is 0. The van der Waals surface area contributed by atoms with Gasteiger partial charge in [-0.15, -0.1) is 0 Å². The maximum absolute atomic E-state index is 10.8. The summed E-state index contributed by atoms with van der Waals surface area (Å²) in [5, 5.41) is 10.8. The molecule has 3 heteroatoms. The van der Waals surface area contributed by atoms with E-state index in [1.807, 2.05) is 24.4 Å². The number of hydrogen-bond donors (Lipinski definition) is 1. The van der Waals surface area contributed by atoms with Crippen LogP contribution in [0.5, 0.6) is 5.75 Å². The van der Waals surface area contributed by atoms with Crippen LogP contribution in [0.4, 0.5) is 0 Å². The van der Waals surface area contributed by atoms with Gasteiger partial charge in [0.25, 0.3) is 0 Å². The fourth-order valence-corrected chi connectivity index (χ4v) is 5.69. The number of phenolic OH excluding ortho intramolecular Hbond substituents is 1. The first-order valence-corrected chi connectivity index (χ1v) is 15.6. The van der Waals surface area contributed by atoms with Gasteiger partial charge in [-0.2, -0.15) is 0 Å². The van der Waals surface area contributed by atoms with Gasteiger partial charge in [-0.05, 0) is 86.7 Å². The first-order valence-electron chi connectivity index (χ1n) is 15.6. The summed E-state index contributed by atoms with van der Waals surface area (Å²) in [6, 6.07) is 41.7. The van der Waals surface area contributed by atoms with Crippen LogP contribution < -0.4 is 0 Å². The Hall–Kier alpha value is -5.02. The summed E-state index contributed by atoms with van der Waals surface area (Å²) in [7, 11) is 0. The molecule has 2 aromatic heterocycles. The van der Waals surface area contributed by atoms with E-state index in [2.05, 4.69) is 139 Å². The summed E-state index contributed by atoms with van der Waals surface area (Å²) in [5.74, 6) is 0.205. The predicted octanol–water partition coefficient (Wildman–Crippen LogP) is 11.1. The van der Waals surface area contributed by atoms with Crippen LogP contribution >= 0.6 is 0 Å². The van der Waals surface area contributed by atoms with Gasteiger partial charge in [0.1, 0.15) is 5.75 Å². The third kappa shape index (κ3) is 6.44. The number of rotatable bonds is 5. The van der Waals surface area contributed by atoms with E-state index in [4.69, 9.17) is 9.97 Å². The maximum atomic E-state index is 10.8. The van der Waals surface area contributed by atoms with Gasteiger partial charge in [0.05, 0.1) is 17.1 Å². The van der Waals surface area contributed by atoms with Crippen molar-refractivity contribution in [3.63, 3.8) is 0 Å². The van der Waals surface area contributed by atoms with Gasteiger partial charge in [0, 0.05) is 22.9 Å². The Kier molecular flexibility index (Phi) is 7.88. The number of aromatic nitrogens is 2. The first kappa shape index (κ1) is 30.0. The minimum Gasteiger partial charge on any atom is -0.507 e. The van der Waals surface area contributed by atoms with Crippen molar-refractivity contribution in [3.8, 4) is 61.8 Å². The Morgan fingerprint density at radius 3 is 1.67 bits per heavy atom. The van der Waals surface area contributed by atoms with Crippen molar-refractivity contribution in [3.05, 3.63) is 139 Å². The van der Waals surface area contributed by atoms with E-state index in [0.29, 0.717) is 5.56 Å². The van der Waals surface area contributed by atoms with Crippen molar-refractivity contribution in [2.24, 2.45) is 0 Å². The zero-order valence-electron chi connectivity index (χ0n) is 27.0. The van der Waals surface area contributed by atoms with Crippen LogP contribution in [-0.2, 0) is 10.8 Å². The minimum atomic E-state index is 0.0260. The third-order valence-electron chi connectivity index (χ3n) is 8.39. The van der Waals surface area contributed by atoms with Crippen molar-refractivity contribution in [2.45, 2.75) is 52.4 Å². The van der Waals surface area contributed by atoms with Crippen molar-refractivity contribution in [1.82, 2.24) is 9.97 Å². The Balaban J connectivity index is 1.51. The molecule has 0 saturated carbocycles. The highest BCUT2D eigenvalue weighted by Crippen LogP contribution is 2.39. The lowest BCUT2D eigenvalue weighted by atomic mass is 9.85. The molecule has 45 heavy (non-hydrogen) atoms. The van der Waals surface area contributed by atoms with Crippen LogP contribution in [0.25, 0.3) is 56.0 Å². The zero-order valence-corrected chi connectivity index (χ0v) is 27.0. The summed E-state index contributed by atoms with van der Waals surface area (Å²) in [6.07, 6.45) is 1.89. The van der Waals surface area contributed by atoms with Gasteiger partial charge in [-0.3, -0.25) is 4.98 Å². The van der Waals surface area contributed by atoms with E-state index in [-0.39, 0.29) is 16.6 Å². The van der Waals surface area contributed by atoms with Gasteiger partial charge < -0.3 is 5.11 Å². The molecule has 0 aliphatic heterocycles. The van der Waals surface area contributed by atoms with E-state index in [0.717, 1.165) is 50.5 Å². The molecule has 0 bridgehead atoms. The van der Waals surface area contributed by atoms with E-state index in [1.165, 1.54) is 11.1 Å². The lowest BCUT2D eigenvalue weighted by Gasteiger charge is -2.20. The van der Waals surface area contributed by atoms with Gasteiger partial charge in [0.2, 0.25) is 0 Å². The van der Waals surface area contributed by atoms with Crippen molar-refractivity contribution in [2.75, 3.05) is 0 Å². The van der Waals surface area contributed by atoms with Gasteiger partial charge in [-0.25, -0.2) is 4.98 Å². The number of nitrogens with zero attached hydrogens (tertiary/aromatic N) is 2. The smallest absolute Gasteiger partial charge is 0.124 e. The quantitative estimate of drug-likeness (QED) is 0.218. The van der Waals surface area contributed by atoms with E-state index in [1.54, 1.807) is 6.07 Å². The molecule has 6 aromatic rings. The minimum absolute atomic E-state index is 0.0260. The average molecular weight is 589 g/mol. The fourth-order valence-electron chi connectivity index (χ4n) is 5.69. The molecule has 3 nitrogen and oxygen atoms in total. The molecular formula is C42H40N2O. The molecule has 2 heterocycles. The molecule has 0 saturated heterocycles.